The number of carbonyl (C=O) groups excluding carboxylic acids is 1. The number of rotatable bonds is 3. The lowest BCUT2D eigenvalue weighted by Crippen LogP contribution is -2.42. The number of nitrogens with one attached hydrogen (secondary N) is 2. The predicted molar refractivity (Wildman–Crippen MR) is 76.1 cm³/mol. The van der Waals surface area contributed by atoms with Gasteiger partial charge in [-0.25, -0.2) is 4.99 Å². The Morgan fingerprint density at radius 3 is 3.20 bits per heavy atom. The van der Waals surface area contributed by atoms with Gasteiger partial charge in [0.1, 0.15) is 11.9 Å². The van der Waals surface area contributed by atoms with Gasteiger partial charge in [0, 0.05) is 18.0 Å². The summed E-state index contributed by atoms with van der Waals surface area (Å²) >= 11 is 0. The number of hydrogen-bond donors (Lipinski definition) is 3. The molecule has 0 fully saturated rings. The van der Waals surface area contributed by atoms with Gasteiger partial charge in [-0.2, -0.15) is 0 Å². The van der Waals surface area contributed by atoms with Gasteiger partial charge >= 0.3 is 0 Å². The number of carbonyl (C=O) groups is 1. The minimum absolute atomic E-state index is 0.0499. The number of hydrogen-bond acceptors (Lipinski definition) is 6. The second-order valence-corrected chi connectivity index (χ2v) is 4.57. The highest BCUT2D eigenvalue weighted by Gasteiger charge is 2.29. The van der Waals surface area contributed by atoms with Crippen LogP contribution in [0.1, 0.15) is 23.0 Å². The standard InChI is InChI=1S/C13H16N6O/c1-2-8-9(3-4-16-11(8)12(14)20)19-7-18-13-10(19)5-15-6-17-13/h3-5,7,13,15,17H,2,6H2,1H3,(H2,14,20). The first-order chi connectivity index (χ1) is 9.72. The molecule has 1 aromatic heterocycles. The van der Waals surface area contributed by atoms with Gasteiger partial charge in [0.05, 0.1) is 24.4 Å². The van der Waals surface area contributed by atoms with Gasteiger partial charge in [-0.15, -0.1) is 0 Å². The summed E-state index contributed by atoms with van der Waals surface area (Å²) in [6.45, 7) is 2.66. The quantitative estimate of drug-likeness (QED) is 0.714. The minimum atomic E-state index is -0.509. The van der Waals surface area contributed by atoms with E-state index in [1.165, 1.54) is 0 Å². The fourth-order valence-corrected chi connectivity index (χ4v) is 2.50. The van der Waals surface area contributed by atoms with Gasteiger partial charge in [0.15, 0.2) is 0 Å². The monoisotopic (exact) mass is 272 g/mol. The molecular weight excluding hydrogens is 256 g/mol. The lowest BCUT2D eigenvalue weighted by molar-refractivity contribution is 0.0994. The molecule has 3 heterocycles. The molecule has 3 rings (SSSR count). The fraction of sp³-hybridized carbons (Fsp3) is 0.308. The molecule has 0 radical (unpaired) electrons. The largest absolute Gasteiger partial charge is 0.377 e. The van der Waals surface area contributed by atoms with Crippen molar-refractivity contribution < 1.29 is 4.79 Å². The van der Waals surface area contributed by atoms with E-state index in [4.69, 9.17) is 5.73 Å². The molecule has 20 heavy (non-hydrogen) atoms. The summed E-state index contributed by atoms with van der Waals surface area (Å²) in [4.78, 5) is 22.0. The van der Waals surface area contributed by atoms with Crippen molar-refractivity contribution in [2.45, 2.75) is 19.5 Å². The van der Waals surface area contributed by atoms with Crippen LogP contribution in [-0.4, -0.2) is 30.1 Å². The summed E-state index contributed by atoms with van der Waals surface area (Å²) in [5.74, 6) is -0.509. The highest BCUT2D eigenvalue weighted by atomic mass is 16.1. The number of fused-ring (bicyclic) bond motifs is 1. The average Bonchev–Trinajstić information content (AvgIpc) is 2.90. The Bertz CT molecular complexity index is 609. The van der Waals surface area contributed by atoms with E-state index in [9.17, 15) is 4.79 Å². The first kappa shape index (κ1) is 12.6. The van der Waals surface area contributed by atoms with Gasteiger partial charge < -0.3 is 11.1 Å². The summed E-state index contributed by atoms with van der Waals surface area (Å²) in [6, 6.07) is 1.87. The highest BCUT2D eigenvalue weighted by Crippen LogP contribution is 2.29. The van der Waals surface area contributed by atoms with Crippen LogP contribution in [0, 0.1) is 0 Å². The van der Waals surface area contributed by atoms with E-state index in [0.717, 1.165) is 16.9 Å². The molecule has 0 spiro atoms. The Balaban J connectivity index is 2.07. The van der Waals surface area contributed by atoms with E-state index in [1.54, 1.807) is 12.5 Å². The summed E-state index contributed by atoms with van der Waals surface area (Å²) in [5.41, 5.74) is 8.43. The first-order valence-corrected chi connectivity index (χ1v) is 6.49. The summed E-state index contributed by atoms with van der Waals surface area (Å²) in [5, 5.41) is 6.36. The SMILES string of the molecule is CCc1c(N2C=NC3NCNC=C32)ccnc1C(N)=O. The van der Waals surface area contributed by atoms with Crippen LogP contribution in [0.3, 0.4) is 0 Å². The molecule has 0 saturated carbocycles. The van der Waals surface area contributed by atoms with Gasteiger partial charge in [0.2, 0.25) is 0 Å². The first-order valence-electron chi connectivity index (χ1n) is 6.49. The lowest BCUT2D eigenvalue weighted by Gasteiger charge is -2.26. The molecule has 7 heteroatoms. The number of nitrogens with zero attached hydrogens (tertiary/aromatic N) is 3. The number of aromatic nitrogens is 1. The van der Waals surface area contributed by atoms with Crippen molar-refractivity contribution in [3.05, 3.63) is 35.4 Å². The molecule has 1 atom stereocenters. The van der Waals surface area contributed by atoms with Crippen molar-refractivity contribution in [1.29, 1.82) is 0 Å². The van der Waals surface area contributed by atoms with Crippen LogP contribution in [0.5, 0.6) is 0 Å². The van der Waals surface area contributed by atoms with E-state index < -0.39 is 5.91 Å². The van der Waals surface area contributed by atoms with E-state index >= 15 is 0 Å². The van der Waals surface area contributed by atoms with E-state index in [-0.39, 0.29) is 6.17 Å². The maximum absolute atomic E-state index is 11.5. The maximum atomic E-state index is 11.5. The number of primary amides is 1. The number of nitrogens with two attached hydrogens (primary N) is 1. The molecule has 0 aromatic carbocycles. The van der Waals surface area contributed by atoms with Crippen LogP contribution in [0.25, 0.3) is 0 Å². The van der Waals surface area contributed by atoms with Crippen LogP contribution >= 0.6 is 0 Å². The van der Waals surface area contributed by atoms with Crippen molar-refractivity contribution in [2.75, 3.05) is 11.6 Å². The molecule has 1 aromatic rings. The van der Waals surface area contributed by atoms with Gasteiger partial charge in [-0.05, 0) is 12.5 Å². The predicted octanol–water partition coefficient (Wildman–Crippen LogP) is -0.0910. The third kappa shape index (κ3) is 1.92. The fourth-order valence-electron chi connectivity index (χ4n) is 2.50. The Morgan fingerprint density at radius 2 is 2.45 bits per heavy atom. The van der Waals surface area contributed by atoms with Crippen molar-refractivity contribution >= 4 is 17.9 Å². The van der Waals surface area contributed by atoms with Crippen LogP contribution < -0.4 is 21.3 Å². The average molecular weight is 272 g/mol. The zero-order valence-electron chi connectivity index (χ0n) is 11.1. The number of anilines is 1. The summed E-state index contributed by atoms with van der Waals surface area (Å²) in [7, 11) is 0. The number of pyridine rings is 1. The molecule has 1 amide bonds. The molecule has 4 N–H and O–H groups in total. The van der Waals surface area contributed by atoms with Crippen molar-refractivity contribution in [2.24, 2.45) is 10.7 Å². The molecule has 7 nitrogen and oxygen atoms in total. The van der Waals surface area contributed by atoms with Crippen LogP contribution in [-0.2, 0) is 6.42 Å². The second kappa shape index (κ2) is 4.93. The molecule has 0 saturated heterocycles. The van der Waals surface area contributed by atoms with Gasteiger partial charge in [-0.3, -0.25) is 20.0 Å². The van der Waals surface area contributed by atoms with Crippen molar-refractivity contribution in [1.82, 2.24) is 15.6 Å². The Labute approximate surface area is 116 Å². The third-order valence-electron chi connectivity index (χ3n) is 3.41. The molecule has 0 aliphatic carbocycles. The van der Waals surface area contributed by atoms with E-state index in [0.29, 0.717) is 18.8 Å². The smallest absolute Gasteiger partial charge is 0.267 e. The van der Waals surface area contributed by atoms with E-state index in [1.807, 2.05) is 24.1 Å². The molecular formula is C13H16N6O. The lowest BCUT2D eigenvalue weighted by atomic mass is 10.1. The zero-order chi connectivity index (χ0) is 14.1. The van der Waals surface area contributed by atoms with Crippen LogP contribution in [0.15, 0.2) is 29.2 Å². The second-order valence-electron chi connectivity index (χ2n) is 4.57. The molecule has 2 aliphatic rings. The van der Waals surface area contributed by atoms with Crippen molar-refractivity contribution in [3.8, 4) is 0 Å². The Morgan fingerprint density at radius 1 is 1.60 bits per heavy atom. The topological polar surface area (TPSA) is 95.6 Å². The van der Waals surface area contributed by atoms with Crippen LogP contribution in [0.4, 0.5) is 5.69 Å². The number of aliphatic imine (C=N–C) groups is 1. The highest BCUT2D eigenvalue weighted by molar-refractivity contribution is 5.96. The molecule has 2 aliphatic heterocycles. The normalized spacial score (nSPS) is 20.4. The molecule has 0 bridgehead atoms. The zero-order valence-corrected chi connectivity index (χ0v) is 11.1. The minimum Gasteiger partial charge on any atom is -0.377 e. The number of amides is 1. The maximum Gasteiger partial charge on any atom is 0.267 e. The van der Waals surface area contributed by atoms with Gasteiger partial charge in [-0.1, -0.05) is 6.92 Å². The van der Waals surface area contributed by atoms with Gasteiger partial charge in [0.25, 0.3) is 5.91 Å². The summed E-state index contributed by atoms with van der Waals surface area (Å²) < 4.78 is 0. The van der Waals surface area contributed by atoms with Crippen LogP contribution in [0.2, 0.25) is 0 Å². The van der Waals surface area contributed by atoms with E-state index in [2.05, 4.69) is 20.6 Å². The summed E-state index contributed by atoms with van der Waals surface area (Å²) in [6.07, 6.45) is 5.91. The third-order valence-corrected chi connectivity index (χ3v) is 3.41. The van der Waals surface area contributed by atoms with Crippen molar-refractivity contribution in [3.63, 3.8) is 0 Å². The molecule has 104 valence electrons. The molecule has 1 unspecified atom stereocenters. The Hall–Kier alpha value is -2.41. The Kier molecular flexibility index (Phi) is 3.11.